The van der Waals surface area contributed by atoms with E-state index in [2.05, 4.69) is 41.5 Å². The summed E-state index contributed by atoms with van der Waals surface area (Å²) < 4.78 is 60.3. The summed E-state index contributed by atoms with van der Waals surface area (Å²) in [6, 6.07) is 0. The fourth-order valence-corrected chi connectivity index (χ4v) is 3.63. The lowest BCUT2D eigenvalue weighted by molar-refractivity contribution is -0.392. The average Bonchev–Trinajstić information content (AvgIpc) is 2.91. The molecule has 0 spiro atoms. The summed E-state index contributed by atoms with van der Waals surface area (Å²) in [5, 5.41) is 0. The van der Waals surface area contributed by atoms with E-state index in [1.165, 1.54) is 0 Å². The van der Waals surface area contributed by atoms with Gasteiger partial charge in [-0.05, 0) is 38.5 Å². The van der Waals surface area contributed by atoms with Crippen LogP contribution >= 0.6 is 8.25 Å². The second-order valence-corrected chi connectivity index (χ2v) is 10.3. The average molecular weight is 570 g/mol. The molecule has 0 fully saturated rings. The summed E-state index contributed by atoms with van der Waals surface area (Å²) in [5.74, 6) is -2.87. The molecular formula is C28H58O9P+. The Morgan fingerprint density at radius 2 is 0.632 bits per heavy atom. The third kappa shape index (κ3) is 19.0. The van der Waals surface area contributed by atoms with E-state index < -0.39 is 20.2 Å². The number of hydrogen-bond acceptors (Lipinski definition) is 9. The van der Waals surface area contributed by atoms with Gasteiger partial charge in [-0.25, -0.2) is 0 Å². The molecule has 0 aliphatic carbocycles. The lowest BCUT2D eigenvalue weighted by Gasteiger charge is -2.32. The van der Waals surface area contributed by atoms with E-state index in [9.17, 15) is 4.57 Å². The molecule has 0 bridgehead atoms. The molecule has 0 N–H and O–H groups in total. The summed E-state index contributed by atoms with van der Waals surface area (Å²) in [6.07, 6.45) is 10.9. The highest BCUT2D eigenvalue weighted by Crippen LogP contribution is 2.32. The van der Waals surface area contributed by atoms with Gasteiger partial charge < -0.3 is 28.4 Å². The summed E-state index contributed by atoms with van der Waals surface area (Å²) in [7, 11) is -2.55. The minimum absolute atomic E-state index is 0.184. The Hall–Kier alpha value is -0.220. The van der Waals surface area contributed by atoms with E-state index in [-0.39, 0.29) is 13.2 Å². The van der Waals surface area contributed by atoms with E-state index in [1.807, 2.05) is 0 Å². The minimum atomic E-state index is -2.55. The summed E-state index contributed by atoms with van der Waals surface area (Å²) >= 11 is 0. The van der Waals surface area contributed by atoms with Crippen molar-refractivity contribution in [1.82, 2.24) is 0 Å². The predicted molar refractivity (Wildman–Crippen MR) is 150 cm³/mol. The van der Waals surface area contributed by atoms with E-state index in [1.54, 1.807) is 0 Å². The quantitative estimate of drug-likeness (QED) is 0.0486. The fourth-order valence-electron chi connectivity index (χ4n) is 3.03. The molecular weight excluding hydrogens is 511 g/mol. The van der Waals surface area contributed by atoms with Crippen molar-refractivity contribution in [2.75, 3.05) is 52.9 Å². The Kier molecular flexibility index (Phi) is 25.6. The lowest BCUT2D eigenvalue weighted by atomic mass is 10.3. The molecule has 0 aromatic heterocycles. The van der Waals surface area contributed by atoms with Crippen molar-refractivity contribution < 1.29 is 42.0 Å². The monoisotopic (exact) mass is 569 g/mol. The summed E-state index contributed by atoms with van der Waals surface area (Å²) in [5.41, 5.74) is 0. The van der Waals surface area contributed by atoms with Crippen molar-refractivity contribution in [1.29, 1.82) is 0 Å². The molecule has 0 unspecified atom stereocenters. The molecule has 9 nitrogen and oxygen atoms in total. The summed E-state index contributed by atoms with van der Waals surface area (Å²) in [6.45, 7) is 14.8. The topological polar surface area (TPSA) is 90.9 Å². The van der Waals surface area contributed by atoms with Gasteiger partial charge in [0.15, 0.2) is 13.2 Å². The van der Waals surface area contributed by atoms with E-state index >= 15 is 0 Å². The second kappa shape index (κ2) is 25.7. The van der Waals surface area contributed by atoms with Crippen molar-refractivity contribution in [3.05, 3.63) is 0 Å². The number of rotatable bonds is 30. The van der Waals surface area contributed by atoms with Crippen LogP contribution in [0.4, 0.5) is 0 Å². The smallest absolute Gasteiger partial charge is 0.325 e. The SMILES string of the molecule is CCCCOC(CO[P+](=O)OCC(OCCCC)(OCCCC)OCCCC)(OCCCC)OCCCC. The van der Waals surface area contributed by atoms with Gasteiger partial charge in [0.05, 0.1) is 39.6 Å². The zero-order valence-corrected chi connectivity index (χ0v) is 26.2. The first-order valence-corrected chi connectivity index (χ1v) is 16.1. The maximum absolute atomic E-state index is 12.9. The molecule has 0 aromatic rings. The van der Waals surface area contributed by atoms with Crippen LogP contribution in [0.25, 0.3) is 0 Å². The highest BCUT2D eigenvalue weighted by molar-refractivity contribution is 7.33. The molecule has 10 heteroatoms. The van der Waals surface area contributed by atoms with Crippen LogP contribution in [-0.4, -0.2) is 64.8 Å². The van der Waals surface area contributed by atoms with Gasteiger partial charge in [0.2, 0.25) is 0 Å². The molecule has 0 amide bonds. The number of unbranched alkanes of at least 4 members (excludes halogenated alkanes) is 6. The third-order valence-corrected chi connectivity index (χ3v) is 6.29. The van der Waals surface area contributed by atoms with Crippen molar-refractivity contribution in [2.24, 2.45) is 0 Å². The van der Waals surface area contributed by atoms with Gasteiger partial charge >= 0.3 is 20.2 Å². The van der Waals surface area contributed by atoms with E-state index in [0.717, 1.165) is 77.0 Å². The van der Waals surface area contributed by atoms with Crippen molar-refractivity contribution in [2.45, 2.75) is 131 Å². The molecule has 0 aromatic carbocycles. The Morgan fingerprint density at radius 3 is 0.816 bits per heavy atom. The minimum Gasteiger partial charge on any atom is -0.325 e. The fraction of sp³-hybridized carbons (Fsp3) is 1.00. The molecule has 0 aliphatic rings. The molecule has 228 valence electrons. The van der Waals surface area contributed by atoms with Crippen LogP contribution in [0.15, 0.2) is 0 Å². The first kappa shape index (κ1) is 37.8. The first-order chi connectivity index (χ1) is 18.5. The van der Waals surface area contributed by atoms with E-state index in [0.29, 0.717) is 39.6 Å². The standard InChI is InChI=1S/C28H58O9P/c1-7-13-19-30-27(31-20-14-8-2,32-21-15-9-3)25-36-38(29)37-26-28(33-22-16-10-4,34-23-17-11-5)35-24-18-12-6/h7-26H2,1-6H3/q+1. The maximum Gasteiger partial charge on any atom is 0.698 e. The maximum atomic E-state index is 12.9. The largest absolute Gasteiger partial charge is 0.698 e. The first-order valence-electron chi connectivity index (χ1n) is 15.0. The Balaban J connectivity index is 5.38. The zero-order chi connectivity index (χ0) is 28.4. The van der Waals surface area contributed by atoms with Crippen LogP contribution in [0.1, 0.15) is 119 Å². The molecule has 0 radical (unpaired) electrons. The normalized spacial score (nSPS) is 12.4. The Morgan fingerprint density at radius 1 is 0.421 bits per heavy atom. The predicted octanol–water partition coefficient (Wildman–Crippen LogP) is 7.88. The van der Waals surface area contributed by atoms with E-state index in [4.69, 9.17) is 37.5 Å². The highest BCUT2D eigenvalue weighted by Gasteiger charge is 2.43. The van der Waals surface area contributed by atoms with Gasteiger partial charge in [0.25, 0.3) is 0 Å². The highest BCUT2D eigenvalue weighted by atomic mass is 31.1. The van der Waals surface area contributed by atoms with Gasteiger partial charge in [0.1, 0.15) is 0 Å². The van der Waals surface area contributed by atoms with Crippen LogP contribution in [0.5, 0.6) is 0 Å². The van der Waals surface area contributed by atoms with Gasteiger partial charge in [-0.2, -0.15) is 0 Å². The van der Waals surface area contributed by atoms with Crippen molar-refractivity contribution in [3.8, 4) is 0 Å². The molecule has 38 heavy (non-hydrogen) atoms. The van der Waals surface area contributed by atoms with Crippen LogP contribution < -0.4 is 0 Å². The van der Waals surface area contributed by atoms with Crippen LogP contribution in [0.2, 0.25) is 0 Å². The Labute approximate surface area is 233 Å². The zero-order valence-electron chi connectivity index (χ0n) is 25.3. The molecule has 0 aliphatic heterocycles. The number of ether oxygens (including phenoxy) is 6. The molecule has 0 heterocycles. The molecule has 0 rings (SSSR count). The third-order valence-electron chi connectivity index (χ3n) is 5.61. The molecule has 0 saturated heterocycles. The Bertz CT molecular complexity index is 439. The van der Waals surface area contributed by atoms with Gasteiger partial charge in [-0.3, -0.25) is 0 Å². The van der Waals surface area contributed by atoms with Gasteiger partial charge in [0, 0.05) is 4.57 Å². The van der Waals surface area contributed by atoms with Gasteiger partial charge in [-0.1, -0.05) is 80.1 Å². The van der Waals surface area contributed by atoms with Gasteiger partial charge in [-0.15, -0.1) is 9.05 Å². The second-order valence-electron chi connectivity index (χ2n) is 9.35. The molecule has 0 atom stereocenters. The lowest BCUT2D eigenvalue weighted by Crippen LogP contribution is -2.45. The van der Waals surface area contributed by atoms with Crippen molar-refractivity contribution in [3.63, 3.8) is 0 Å². The number of hydrogen-bond donors (Lipinski definition) is 0. The molecule has 0 saturated carbocycles. The van der Waals surface area contributed by atoms with Crippen LogP contribution in [-0.2, 0) is 42.0 Å². The van der Waals surface area contributed by atoms with Crippen molar-refractivity contribution >= 4 is 8.25 Å². The van der Waals surface area contributed by atoms with Crippen LogP contribution in [0.3, 0.4) is 0 Å². The summed E-state index contributed by atoms with van der Waals surface area (Å²) in [4.78, 5) is 0. The van der Waals surface area contributed by atoms with Crippen LogP contribution in [0, 0.1) is 0 Å².